The second-order valence-corrected chi connectivity index (χ2v) is 7.17. The lowest BCUT2D eigenvalue weighted by atomic mass is 9.78. The highest BCUT2D eigenvalue weighted by Crippen LogP contribution is 2.44. The number of methoxy groups -OCH3 is 1. The molecule has 0 bridgehead atoms. The minimum absolute atomic E-state index is 0.0440. The molecule has 3 rings (SSSR count). The normalized spacial score (nSPS) is 26.0. The number of amides is 2. The van der Waals surface area contributed by atoms with Crippen molar-refractivity contribution in [3.05, 3.63) is 35.6 Å². The van der Waals surface area contributed by atoms with E-state index in [1.54, 1.807) is 24.1 Å². The van der Waals surface area contributed by atoms with Crippen LogP contribution in [0.1, 0.15) is 18.9 Å². The zero-order valence-electron chi connectivity index (χ0n) is 14.8. The van der Waals surface area contributed by atoms with Gasteiger partial charge in [-0.2, -0.15) is 0 Å². The summed E-state index contributed by atoms with van der Waals surface area (Å²) in [5, 5.41) is 0. The van der Waals surface area contributed by atoms with Crippen LogP contribution in [0.15, 0.2) is 24.3 Å². The average Bonchev–Trinajstić information content (AvgIpc) is 3.08. The third-order valence-corrected chi connectivity index (χ3v) is 5.61. The zero-order chi connectivity index (χ0) is 18.0. The molecule has 1 spiro atoms. The van der Waals surface area contributed by atoms with Gasteiger partial charge in [-0.05, 0) is 30.0 Å². The highest BCUT2D eigenvalue weighted by Gasteiger charge is 2.55. The van der Waals surface area contributed by atoms with Crippen molar-refractivity contribution in [3.8, 4) is 0 Å². The Kier molecular flexibility index (Phi) is 5.08. The number of hydrogen-bond donors (Lipinski definition) is 0. The Morgan fingerprint density at radius 2 is 2.24 bits per heavy atom. The van der Waals surface area contributed by atoms with Crippen molar-refractivity contribution in [1.29, 1.82) is 0 Å². The third kappa shape index (κ3) is 3.40. The van der Waals surface area contributed by atoms with Gasteiger partial charge < -0.3 is 14.5 Å². The smallest absolute Gasteiger partial charge is 0.231 e. The Balaban J connectivity index is 1.67. The van der Waals surface area contributed by atoms with E-state index < -0.39 is 5.41 Å². The molecule has 0 N–H and O–H groups in total. The van der Waals surface area contributed by atoms with Gasteiger partial charge in [-0.15, -0.1) is 0 Å². The Hall–Kier alpha value is -1.95. The van der Waals surface area contributed by atoms with Gasteiger partial charge >= 0.3 is 0 Å². The predicted molar refractivity (Wildman–Crippen MR) is 91.4 cm³/mol. The molecule has 2 heterocycles. The summed E-state index contributed by atoms with van der Waals surface area (Å²) in [5.41, 5.74) is 0.198. The Bertz CT molecular complexity index is 666. The van der Waals surface area contributed by atoms with Crippen molar-refractivity contribution < 1.29 is 18.7 Å². The number of benzene rings is 1. The van der Waals surface area contributed by atoms with E-state index >= 15 is 0 Å². The van der Waals surface area contributed by atoms with E-state index in [9.17, 15) is 14.0 Å². The van der Waals surface area contributed by atoms with Crippen LogP contribution in [0.2, 0.25) is 0 Å². The summed E-state index contributed by atoms with van der Waals surface area (Å²) in [6.45, 7) is 4.94. The van der Waals surface area contributed by atoms with Crippen molar-refractivity contribution >= 4 is 11.8 Å². The molecule has 1 aromatic rings. The highest BCUT2D eigenvalue weighted by molar-refractivity contribution is 5.88. The fraction of sp³-hybridized carbons (Fsp3) is 0.579. The number of rotatable bonds is 5. The van der Waals surface area contributed by atoms with Crippen LogP contribution in [-0.2, 0) is 20.7 Å². The topological polar surface area (TPSA) is 49.9 Å². The molecule has 2 saturated heterocycles. The summed E-state index contributed by atoms with van der Waals surface area (Å²) >= 11 is 0. The number of carbonyl (C=O) groups excluding carboxylic acids is 2. The van der Waals surface area contributed by atoms with Crippen molar-refractivity contribution in [2.75, 3.05) is 39.9 Å². The van der Waals surface area contributed by atoms with Crippen LogP contribution in [0.5, 0.6) is 0 Å². The Morgan fingerprint density at radius 3 is 2.96 bits per heavy atom. The summed E-state index contributed by atoms with van der Waals surface area (Å²) in [5.74, 6) is -0.115. The standard InChI is InChI=1S/C19H25FN2O3/c1-14-12-22(17(23)11-15-4-3-5-16(20)10-15)13-19(14)6-7-21(18(19)24)8-9-25-2/h3-5,10,14H,6-9,11-13H2,1-2H3/t14-,19-/m1/s1. The molecule has 2 fully saturated rings. The van der Waals surface area contributed by atoms with E-state index in [2.05, 4.69) is 0 Å². The summed E-state index contributed by atoms with van der Waals surface area (Å²) in [6, 6.07) is 6.12. The molecule has 2 aliphatic rings. The number of hydrogen-bond acceptors (Lipinski definition) is 3. The Labute approximate surface area is 147 Å². The van der Waals surface area contributed by atoms with Gasteiger partial charge in [0.25, 0.3) is 0 Å². The van der Waals surface area contributed by atoms with E-state index in [0.29, 0.717) is 31.8 Å². The minimum atomic E-state index is -0.467. The monoisotopic (exact) mass is 348 g/mol. The molecule has 25 heavy (non-hydrogen) atoms. The molecule has 136 valence electrons. The lowest BCUT2D eigenvalue weighted by Gasteiger charge is -2.26. The zero-order valence-corrected chi connectivity index (χ0v) is 14.8. The van der Waals surface area contributed by atoms with E-state index in [0.717, 1.165) is 13.0 Å². The summed E-state index contributed by atoms with van der Waals surface area (Å²) in [7, 11) is 1.63. The van der Waals surface area contributed by atoms with E-state index in [-0.39, 0.29) is 30.0 Å². The molecule has 6 heteroatoms. The van der Waals surface area contributed by atoms with Crippen molar-refractivity contribution in [2.24, 2.45) is 11.3 Å². The van der Waals surface area contributed by atoms with Gasteiger partial charge in [0.2, 0.25) is 11.8 Å². The molecule has 0 radical (unpaired) electrons. The van der Waals surface area contributed by atoms with Gasteiger partial charge in [0, 0.05) is 33.3 Å². The molecule has 5 nitrogen and oxygen atoms in total. The lowest BCUT2D eigenvalue weighted by Crippen LogP contribution is -2.41. The maximum atomic E-state index is 13.3. The maximum Gasteiger partial charge on any atom is 0.231 e. The van der Waals surface area contributed by atoms with Crippen LogP contribution in [0, 0.1) is 17.2 Å². The number of ether oxygens (including phenoxy) is 1. The first kappa shape index (κ1) is 17.9. The van der Waals surface area contributed by atoms with Crippen molar-refractivity contribution in [2.45, 2.75) is 19.8 Å². The van der Waals surface area contributed by atoms with Crippen LogP contribution < -0.4 is 0 Å². The summed E-state index contributed by atoms with van der Waals surface area (Å²) < 4.78 is 18.4. The molecule has 2 atom stereocenters. The van der Waals surface area contributed by atoms with Gasteiger partial charge in [0.15, 0.2) is 0 Å². The molecule has 0 aliphatic carbocycles. The molecule has 0 saturated carbocycles. The molecule has 2 amide bonds. The molecule has 0 aromatic heterocycles. The number of carbonyl (C=O) groups is 2. The maximum absolute atomic E-state index is 13.3. The van der Waals surface area contributed by atoms with Crippen LogP contribution in [-0.4, -0.2) is 61.5 Å². The molecular formula is C19H25FN2O3. The van der Waals surface area contributed by atoms with E-state index in [4.69, 9.17) is 4.74 Å². The number of likely N-dealkylation sites (tertiary alicyclic amines) is 2. The van der Waals surface area contributed by atoms with Crippen LogP contribution in [0.3, 0.4) is 0 Å². The second-order valence-electron chi connectivity index (χ2n) is 7.17. The summed E-state index contributed by atoms with van der Waals surface area (Å²) in [4.78, 5) is 29.1. The van der Waals surface area contributed by atoms with Gasteiger partial charge in [-0.1, -0.05) is 19.1 Å². The van der Waals surface area contributed by atoms with Crippen molar-refractivity contribution in [3.63, 3.8) is 0 Å². The van der Waals surface area contributed by atoms with Gasteiger partial charge in [0.1, 0.15) is 5.82 Å². The van der Waals surface area contributed by atoms with Crippen LogP contribution >= 0.6 is 0 Å². The van der Waals surface area contributed by atoms with Crippen LogP contribution in [0.25, 0.3) is 0 Å². The molecular weight excluding hydrogens is 323 g/mol. The van der Waals surface area contributed by atoms with Gasteiger partial charge in [-0.25, -0.2) is 4.39 Å². The highest BCUT2D eigenvalue weighted by atomic mass is 19.1. The number of halogens is 1. The predicted octanol–water partition coefficient (Wildman–Crippen LogP) is 1.71. The minimum Gasteiger partial charge on any atom is -0.383 e. The summed E-state index contributed by atoms with van der Waals surface area (Å²) in [6.07, 6.45) is 0.947. The number of nitrogens with zero attached hydrogens (tertiary/aromatic N) is 2. The van der Waals surface area contributed by atoms with Crippen LogP contribution in [0.4, 0.5) is 4.39 Å². The largest absolute Gasteiger partial charge is 0.383 e. The Morgan fingerprint density at radius 1 is 1.44 bits per heavy atom. The molecule has 1 aromatic carbocycles. The van der Waals surface area contributed by atoms with E-state index in [1.165, 1.54) is 12.1 Å². The first-order valence-electron chi connectivity index (χ1n) is 8.77. The molecule has 0 unspecified atom stereocenters. The quantitative estimate of drug-likeness (QED) is 0.814. The van der Waals surface area contributed by atoms with E-state index in [1.807, 2.05) is 11.8 Å². The lowest BCUT2D eigenvalue weighted by molar-refractivity contribution is -0.138. The average molecular weight is 348 g/mol. The SMILES string of the molecule is COCCN1CC[C@]2(CN(C(=O)Cc3cccc(F)c3)C[C@H]2C)C1=O. The van der Waals surface area contributed by atoms with Gasteiger partial charge in [0.05, 0.1) is 18.4 Å². The van der Waals surface area contributed by atoms with Crippen molar-refractivity contribution in [1.82, 2.24) is 9.80 Å². The fourth-order valence-corrected chi connectivity index (χ4v) is 4.07. The second kappa shape index (κ2) is 7.12. The molecule has 2 aliphatic heterocycles. The van der Waals surface area contributed by atoms with Gasteiger partial charge in [-0.3, -0.25) is 9.59 Å². The first-order valence-corrected chi connectivity index (χ1v) is 8.77. The third-order valence-electron chi connectivity index (χ3n) is 5.61. The fourth-order valence-electron chi connectivity index (χ4n) is 4.07. The first-order chi connectivity index (χ1) is 12.0.